The fraction of sp³-hybridized carbons (Fsp3) is 0.200. The van der Waals surface area contributed by atoms with Crippen LogP contribution in [0.5, 0.6) is 0 Å². The number of aromatic nitrogens is 2. The summed E-state index contributed by atoms with van der Waals surface area (Å²) >= 11 is 0. The van der Waals surface area contributed by atoms with Gasteiger partial charge >= 0.3 is 0 Å². The van der Waals surface area contributed by atoms with Crippen LogP contribution in [-0.4, -0.2) is 9.55 Å². The normalized spacial score (nSPS) is 11.1. The second-order valence-corrected chi connectivity index (χ2v) is 4.80. The number of rotatable bonds is 2. The maximum atomic E-state index is 12.5. The fourth-order valence-corrected chi connectivity index (χ4v) is 2.22. The van der Waals surface area contributed by atoms with E-state index in [0.29, 0.717) is 17.1 Å². The van der Waals surface area contributed by atoms with E-state index in [1.165, 1.54) is 4.57 Å². The molecule has 0 radical (unpaired) electrons. The summed E-state index contributed by atoms with van der Waals surface area (Å²) in [6, 6.07) is 9.17. The Balaban J connectivity index is 2.14. The van der Waals surface area contributed by atoms with Crippen molar-refractivity contribution in [2.24, 2.45) is 0 Å². The molecule has 2 heterocycles. The highest BCUT2D eigenvalue weighted by Gasteiger charge is 2.11. The van der Waals surface area contributed by atoms with Gasteiger partial charge in [-0.2, -0.15) is 0 Å². The third-order valence-corrected chi connectivity index (χ3v) is 3.42. The number of anilines is 1. The van der Waals surface area contributed by atoms with Crippen molar-refractivity contribution in [1.29, 1.82) is 0 Å². The molecule has 3 aromatic rings. The van der Waals surface area contributed by atoms with Gasteiger partial charge in [0.2, 0.25) is 5.89 Å². The number of nitrogens with zero attached hydrogens (tertiary/aromatic N) is 2. The Morgan fingerprint density at radius 3 is 2.75 bits per heavy atom. The number of hydrogen-bond donors (Lipinski definition) is 1. The van der Waals surface area contributed by atoms with Gasteiger partial charge in [0.25, 0.3) is 5.56 Å². The summed E-state index contributed by atoms with van der Waals surface area (Å²) in [5.74, 6) is 1.65. The van der Waals surface area contributed by atoms with E-state index in [2.05, 4.69) is 4.98 Å². The lowest BCUT2D eigenvalue weighted by Crippen LogP contribution is -2.23. The Kier molecular flexibility index (Phi) is 2.82. The Morgan fingerprint density at radius 1 is 1.30 bits per heavy atom. The molecule has 2 N–H and O–H groups in total. The van der Waals surface area contributed by atoms with Gasteiger partial charge in [-0.1, -0.05) is 18.2 Å². The van der Waals surface area contributed by atoms with Gasteiger partial charge in [-0.15, -0.1) is 0 Å². The molecule has 3 rings (SSSR count). The van der Waals surface area contributed by atoms with E-state index in [1.54, 1.807) is 12.1 Å². The Hall–Kier alpha value is -2.56. The lowest BCUT2D eigenvalue weighted by molar-refractivity contribution is 0.456. The second-order valence-electron chi connectivity index (χ2n) is 4.80. The van der Waals surface area contributed by atoms with Crippen molar-refractivity contribution in [2.75, 3.05) is 5.73 Å². The van der Waals surface area contributed by atoms with Crippen molar-refractivity contribution < 1.29 is 4.42 Å². The van der Waals surface area contributed by atoms with Crippen molar-refractivity contribution in [1.82, 2.24) is 9.55 Å². The van der Waals surface area contributed by atoms with Crippen LogP contribution >= 0.6 is 0 Å². The minimum atomic E-state index is -0.130. The minimum Gasteiger partial charge on any atom is -0.444 e. The van der Waals surface area contributed by atoms with E-state index in [0.717, 1.165) is 16.8 Å². The smallest absolute Gasteiger partial charge is 0.260 e. The standard InChI is InChI=1S/C15H15N3O2/c1-9-10(2)20-14(17-9)8-18-13(16)7-11-5-3-4-6-12(11)15(18)19/h3-7H,8,16H2,1-2H3. The molecule has 20 heavy (non-hydrogen) atoms. The number of pyridine rings is 1. The van der Waals surface area contributed by atoms with Crippen LogP contribution in [-0.2, 0) is 6.54 Å². The Labute approximate surface area is 115 Å². The fourth-order valence-electron chi connectivity index (χ4n) is 2.22. The SMILES string of the molecule is Cc1nc(Cn2c(N)cc3ccccc3c2=O)oc1C. The van der Waals surface area contributed by atoms with Crippen molar-refractivity contribution in [3.63, 3.8) is 0 Å². The van der Waals surface area contributed by atoms with Gasteiger partial charge in [-0.25, -0.2) is 4.98 Å². The second kappa shape index (κ2) is 4.52. The van der Waals surface area contributed by atoms with Gasteiger partial charge in [0.05, 0.1) is 5.69 Å². The molecular formula is C15H15N3O2. The first-order valence-corrected chi connectivity index (χ1v) is 6.37. The summed E-state index contributed by atoms with van der Waals surface area (Å²) in [5, 5.41) is 1.48. The van der Waals surface area contributed by atoms with Gasteiger partial charge in [0.15, 0.2) is 0 Å². The quantitative estimate of drug-likeness (QED) is 0.774. The molecule has 0 amide bonds. The maximum Gasteiger partial charge on any atom is 0.260 e. The van der Waals surface area contributed by atoms with Crippen LogP contribution < -0.4 is 11.3 Å². The lowest BCUT2D eigenvalue weighted by Gasteiger charge is -2.09. The number of fused-ring (bicyclic) bond motifs is 1. The predicted octanol–water partition coefficient (Wildman–Crippen LogP) is 2.24. The molecule has 2 aromatic heterocycles. The molecule has 5 heteroatoms. The van der Waals surface area contributed by atoms with Crippen LogP contribution in [0, 0.1) is 13.8 Å². The molecule has 0 fully saturated rings. The average molecular weight is 269 g/mol. The molecule has 102 valence electrons. The first kappa shape index (κ1) is 12.5. The highest BCUT2D eigenvalue weighted by molar-refractivity contribution is 5.83. The Bertz CT molecular complexity index is 826. The summed E-state index contributed by atoms with van der Waals surface area (Å²) in [7, 11) is 0. The lowest BCUT2D eigenvalue weighted by atomic mass is 10.1. The molecule has 0 atom stereocenters. The number of hydrogen-bond acceptors (Lipinski definition) is 4. The van der Waals surface area contributed by atoms with Gasteiger partial charge in [-0.3, -0.25) is 9.36 Å². The van der Waals surface area contributed by atoms with Gasteiger partial charge < -0.3 is 10.2 Å². The molecular weight excluding hydrogens is 254 g/mol. The molecule has 0 bridgehead atoms. The van der Waals surface area contributed by atoms with E-state index in [4.69, 9.17) is 10.2 Å². The number of nitrogens with two attached hydrogens (primary N) is 1. The largest absolute Gasteiger partial charge is 0.444 e. The van der Waals surface area contributed by atoms with Crippen molar-refractivity contribution >= 4 is 16.6 Å². The molecule has 0 spiro atoms. The first-order valence-electron chi connectivity index (χ1n) is 6.37. The van der Waals surface area contributed by atoms with E-state index in [-0.39, 0.29) is 12.1 Å². The highest BCUT2D eigenvalue weighted by Crippen LogP contribution is 2.15. The zero-order valence-corrected chi connectivity index (χ0v) is 11.4. The maximum absolute atomic E-state index is 12.5. The molecule has 0 aliphatic rings. The third-order valence-electron chi connectivity index (χ3n) is 3.42. The summed E-state index contributed by atoms with van der Waals surface area (Å²) in [5.41, 5.74) is 6.67. The minimum absolute atomic E-state index is 0.130. The topological polar surface area (TPSA) is 74.1 Å². The monoisotopic (exact) mass is 269 g/mol. The first-order chi connectivity index (χ1) is 9.56. The number of benzene rings is 1. The van der Waals surface area contributed by atoms with E-state index < -0.39 is 0 Å². The zero-order valence-electron chi connectivity index (χ0n) is 11.4. The van der Waals surface area contributed by atoms with Crippen molar-refractivity contribution in [3.05, 3.63) is 58.0 Å². The molecule has 0 aliphatic carbocycles. The number of aryl methyl sites for hydroxylation is 2. The summed E-state index contributed by atoms with van der Waals surface area (Å²) in [6.07, 6.45) is 0. The molecule has 0 saturated carbocycles. The van der Waals surface area contributed by atoms with Crippen molar-refractivity contribution in [2.45, 2.75) is 20.4 Å². The molecule has 0 aliphatic heterocycles. The number of nitrogen functional groups attached to an aromatic ring is 1. The van der Waals surface area contributed by atoms with Gasteiger partial charge in [0.1, 0.15) is 18.1 Å². The molecule has 0 saturated heterocycles. The van der Waals surface area contributed by atoms with Crippen molar-refractivity contribution in [3.8, 4) is 0 Å². The van der Waals surface area contributed by atoms with Crippen LogP contribution in [0.1, 0.15) is 17.3 Å². The Morgan fingerprint density at radius 2 is 2.05 bits per heavy atom. The van der Waals surface area contributed by atoms with E-state index in [1.807, 2.05) is 32.0 Å². The molecule has 0 unspecified atom stereocenters. The van der Waals surface area contributed by atoms with Crippen LogP contribution in [0.15, 0.2) is 39.5 Å². The van der Waals surface area contributed by atoms with E-state index >= 15 is 0 Å². The van der Waals surface area contributed by atoms with Gasteiger partial charge in [0, 0.05) is 5.39 Å². The zero-order chi connectivity index (χ0) is 14.3. The van der Waals surface area contributed by atoms with Crippen LogP contribution in [0.2, 0.25) is 0 Å². The summed E-state index contributed by atoms with van der Waals surface area (Å²) in [4.78, 5) is 16.7. The number of oxazole rings is 1. The predicted molar refractivity (Wildman–Crippen MR) is 77.7 cm³/mol. The average Bonchev–Trinajstić information content (AvgIpc) is 2.73. The third kappa shape index (κ3) is 1.97. The highest BCUT2D eigenvalue weighted by atomic mass is 16.4. The van der Waals surface area contributed by atoms with E-state index in [9.17, 15) is 4.79 Å². The van der Waals surface area contributed by atoms with Gasteiger partial charge in [-0.05, 0) is 31.4 Å². The van der Waals surface area contributed by atoms with Crippen LogP contribution in [0.3, 0.4) is 0 Å². The van der Waals surface area contributed by atoms with Crippen LogP contribution in [0.4, 0.5) is 5.82 Å². The molecule has 5 nitrogen and oxygen atoms in total. The summed E-state index contributed by atoms with van der Waals surface area (Å²) in [6.45, 7) is 3.96. The van der Waals surface area contributed by atoms with Crippen LogP contribution in [0.25, 0.3) is 10.8 Å². The summed E-state index contributed by atoms with van der Waals surface area (Å²) < 4.78 is 6.99. The molecule has 1 aromatic carbocycles.